The quantitative estimate of drug-likeness (QED) is 0.898. The molecule has 0 saturated carbocycles. The van der Waals surface area contributed by atoms with E-state index >= 15 is 0 Å². The molecule has 19 heavy (non-hydrogen) atoms. The minimum atomic E-state index is -1.27. The van der Waals surface area contributed by atoms with Crippen molar-refractivity contribution in [1.29, 1.82) is 0 Å². The maximum absolute atomic E-state index is 13.8. The van der Waals surface area contributed by atoms with Crippen molar-refractivity contribution < 1.29 is 23.1 Å². The zero-order valence-electron chi connectivity index (χ0n) is 9.88. The predicted octanol–water partition coefficient (Wildman–Crippen LogP) is 3.78. The monoisotopic (exact) mass is 266 g/mol. The number of aromatic carboxylic acids is 1. The van der Waals surface area contributed by atoms with Crippen molar-refractivity contribution in [2.24, 2.45) is 0 Å². The van der Waals surface area contributed by atoms with E-state index in [1.165, 1.54) is 19.1 Å². The van der Waals surface area contributed by atoms with Gasteiger partial charge in [0.2, 0.25) is 0 Å². The summed E-state index contributed by atoms with van der Waals surface area (Å²) in [6, 6.07) is 5.48. The lowest BCUT2D eigenvalue weighted by atomic mass is 10.0. The first-order chi connectivity index (χ1) is 8.91. The van der Waals surface area contributed by atoms with Gasteiger partial charge >= 0.3 is 5.97 Å². The Morgan fingerprint density at radius 2 is 1.68 bits per heavy atom. The van der Waals surface area contributed by atoms with Gasteiger partial charge in [0.1, 0.15) is 5.82 Å². The van der Waals surface area contributed by atoms with E-state index in [9.17, 15) is 18.0 Å². The molecule has 1 N–H and O–H groups in total. The molecule has 2 aromatic carbocycles. The largest absolute Gasteiger partial charge is 0.478 e. The van der Waals surface area contributed by atoms with Crippen LogP contribution < -0.4 is 0 Å². The fraction of sp³-hybridized carbons (Fsp3) is 0.0714. The van der Waals surface area contributed by atoms with Crippen LogP contribution in [0.25, 0.3) is 11.1 Å². The lowest BCUT2D eigenvalue weighted by Gasteiger charge is -2.08. The second-order valence-corrected chi connectivity index (χ2v) is 4.06. The Morgan fingerprint density at radius 3 is 2.32 bits per heavy atom. The summed E-state index contributed by atoms with van der Waals surface area (Å²) in [5.41, 5.74) is -0.687. The molecule has 0 heterocycles. The predicted molar refractivity (Wildman–Crippen MR) is 63.4 cm³/mol. The highest BCUT2D eigenvalue weighted by molar-refractivity contribution is 5.89. The van der Waals surface area contributed by atoms with Crippen LogP contribution in [0.1, 0.15) is 15.9 Å². The Labute approximate surface area is 107 Å². The van der Waals surface area contributed by atoms with Crippen molar-refractivity contribution in [3.8, 4) is 11.1 Å². The zero-order chi connectivity index (χ0) is 14.2. The number of carboxylic acids is 1. The Bertz CT molecular complexity index is 666. The lowest BCUT2D eigenvalue weighted by molar-refractivity contribution is 0.0697. The van der Waals surface area contributed by atoms with Gasteiger partial charge in [-0.25, -0.2) is 18.0 Å². The third-order valence-electron chi connectivity index (χ3n) is 2.78. The van der Waals surface area contributed by atoms with Gasteiger partial charge in [0, 0.05) is 11.1 Å². The van der Waals surface area contributed by atoms with Gasteiger partial charge in [0.05, 0.1) is 5.56 Å². The number of halogens is 3. The second-order valence-electron chi connectivity index (χ2n) is 4.06. The number of aryl methyl sites for hydroxylation is 1. The molecule has 2 rings (SSSR count). The third kappa shape index (κ3) is 2.31. The molecule has 0 atom stereocenters. The highest BCUT2D eigenvalue weighted by Crippen LogP contribution is 2.29. The number of carbonyl (C=O) groups is 1. The highest BCUT2D eigenvalue weighted by Gasteiger charge is 2.17. The maximum atomic E-state index is 13.8. The van der Waals surface area contributed by atoms with Crippen molar-refractivity contribution in [3.63, 3.8) is 0 Å². The first kappa shape index (κ1) is 13.1. The SMILES string of the molecule is Cc1ccc(-c2cc(C(=O)O)ccc2F)c(F)c1F. The standard InChI is InChI=1S/C14H9F3O2/c1-7-2-4-9(13(17)12(7)16)10-6-8(14(18)19)3-5-11(10)15/h2-6H,1H3,(H,18,19). The lowest BCUT2D eigenvalue weighted by Crippen LogP contribution is -2.00. The molecule has 0 aliphatic rings. The van der Waals surface area contributed by atoms with Crippen molar-refractivity contribution >= 4 is 5.97 Å². The Morgan fingerprint density at radius 1 is 1.00 bits per heavy atom. The molecule has 0 aliphatic carbocycles. The van der Waals surface area contributed by atoms with Crippen LogP contribution in [0.2, 0.25) is 0 Å². The smallest absolute Gasteiger partial charge is 0.335 e. The molecule has 5 heteroatoms. The van der Waals surface area contributed by atoms with Crippen LogP contribution in [0.4, 0.5) is 13.2 Å². The van der Waals surface area contributed by atoms with Crippen LogP contribution in [0.5, 0.6) is 0 Å². The molecule has 0 bridgehead atoms. The van der Waals surface area contributed by atoms with Crippen LogP contribution in [-0.4, -0.2) is 11.1 Å². The van der Waals surface area contributed by atoms with Crippen LogP contribution in [0.15, 0.2) is 30.3 Å². The van der Waals surface area contributed by atoms with Crippen molar-refractivity contribution in [2.45, 2.75) is 6.92 Å². The molecule has 0 aliphatic heterocycles. The Balaban J connectivity index is 2.68. The molecule has 98 valence electrons. The van der Waals surface area contributed by atoms with E-state index < -0.39 is 23.4 Å². The number of rotatable bonds is 2. The fourth-order valence-corrected chi connectivity index (χ4v) is 1.72. The molecule has 0 fully saturated rings. The summed E-state index contributed by atoms with van der Waals surface area (Å²) in [4.78, 5) is 10.8. The average molecular weight is 266 g/mol. The molecule has 0 spiro atoms. The molecular formula is C14H9F3O2. The van der Waals surface area contributed by atoms with Gasteiger partial charge < -0.3 is 5.11 Å². The zero-order valence-corrected chi connectivity index (χ0v) is 9.88. The van der Waals surface area contributed by atoms with Crippen molar-refractivity contribution in [3.05, 3.63) is 58.9 Å². The number of benzene rings is 2. The molecule has 2 nitrogen and oxygen atoms in total. The van der Waals surface area contributed by atoms with Gasteiger partial charge in [0.25, 0.3) is 0 Å². The van der Waals surface area contributed by atoms with E-state index in [4.69, 9.17) is 5.11 Å². The van der Waals surface area contributed by atoms with E-state index in [1.54, 1.807) is 0 Å². The Kier molecular flexibility index (Phi) is 3.29. The average Bonchev–Trinajstić information content (AvgIpc) is 2.37. The van der Waals surface area contributed by atoms with E-state index in [-0.39, 0.29) is 22.3 Å². The first-order valence-corrected chi connectivity index (χ1v) is 5.39. The second kappa shape index (κ2) is 4.76. The van der Waals surface area contributed by atoms with Crippen LogP contribution in [-0.2, 0) is 0 Å². The molecule has 0 radical (unpaired) electrons. The highest BCUT2D eigenvalue weighted by atomic mass is 19.2. The van der Waals surface area contributed by atoms with Gasteiger partial charge in [-0.1, -0.05) is 12.1 Å². The normalized spacial score (nSPS) is 10.5. The van der Waals surface area contributed by atoms with E-state index in [1.807, 2.05) is 0 Å². The van der Waals surface area contributed by atoms with Crippen molar-refractivity contribution in [2.75, 3.05) is 0 Å². The minimum absolute atomic E-state index is 0.0936. The minimum Gasteiger partial charge on any atom is -0.478 e. The van der Waals surface area contributed by atoms with E-state index in [0.29, 0.717) is 0 Å². The van der Waals surface area contributed by atoms with Crippen LogP contribution >= 0.6 is 0 Å². The Hall–Kier alpha value is -2.30. The summed E-state index contributed by atoms with van der Waals surface area (Å²) in [5, 5.41) is 8.82. The molecule has 0 amide bonds. The van der Waals surface area contributed by atoms with Gasteiger partial charge in [-0.2, -0.15) is 0 Å². The summed E-state index contributed by atoms with van der Waals surface area (Å²) < 4.78 is 40.9. The van der Waals surface area contributed by atoms with Gasteiger partial charge in [0.15, 0.2) is 11.6 Å². The molecule has 2 aromatic rings. The van der Waals surface area contributed by atoms with E-state index in [0.717, 1.165) is 18.2 Å². The van der Waals surface area contributed by atoms with Gasteiger partial charge in [-0.05, 0) is 30.7 Å². The number of carboxylic acid groups (broad SMARTS) is 1. The summed E-state index contributed by atoms with van der Waals surface area (Å²) in [7, 11) is 0. The number of hydrogen-bond acceptors (Lipinski definition) is 1. The summed E-state index contributed by atoms with van der Waals surface area (Å²) >= 11 is 0. The van der Waals surface area contributed by atoms with Crippen LogP contribution in [0, 0.1) is 24.4 Å². The topological polar surface area (TPSA) is 37.3 Å². The van der Waals surface area contributed by atoms with Crippen LogP contribution in [0.3, 0.4) is 0 Å². The fourth-order valence-electron chi connectivity index (χ4n) is 1.72. The van der Waals surface area contributed by atoms with Gasteiger partial charge in [-0.3, -0.25) is 0 Å². The molecular weight excluding hydrogens is 257 g/mol. The molecule has 0 unspecified atom stereocenters. The first-order valence-electron chi connectivity index (χ1n) is 5.39. The van der Waals surface area contributed by atoms with Crippen molar-refractivity contribution in [1.82, 2.24) is 0 Å². The summed E-state index contributed by atoms with van der Waals surface area (Å²) in [6.07, 6.45) is 0. The summed E-state index contributed by atoms with van der Waals surface area (Å²) in [5.74, 6) is -4.35. The third-order valence-corrected chi connectivity index (χ3v) is 2.78. The summed E-state index contributed by atoms with van der Waals surface area (Å²) in [6.45, 7) is 1.38. The van der Waals surface area contributed by atoms with E-state index in [2.05, 4.69) is 0 Å². The number of hydrogen-bond donors (Lipinski definition) is 1. The molecule has 0 aromatic heterocycles. The molecule has 0 saturated heterocycles. The van der Waals surface area contributed by atoms with Gasteiger partial charge in [-0.15, -0.1) is 0 Å². The maximum Gasteiger partial charge on any atom is 0.335 e.